The Kier molecular flexibility index (Phi) is 5.55. The highest BCUT2D eigenvalue weighted by molar-refractivity contribution is 9.10. The van der Waals surface area contributed by atoms with Gasteiger partial charge in [-0.05, 0) is 59.6 Å². The highest BCUT2D eigenvalue weighted by atomic mass is 79.9. The molecule has 0 aliphatic heterocycles. The van der Waals surface area contributed by atoms with E-state index in [2.05, 4.69) is 26.2 Å². The molecule has 0 saturated carbocycles. The summed E-state index contributed by atoms with van der Waals surface area (Å²) >= 11 is 4.83. The lowest BCUT2D eigenvalue weighted by atomic mass is 10.2. The van der Waals surface area contributed by atoms with Crippen LogP contribution in [0.25, 0.3) is 10.2 Å². The lowest BCUT2D eigenvalue weighted by Gasteiger charge is -2.08. The number of anilines is 1. The Labute approximate surface area is 158 Å². The lowest BCUT2D eigenvalue weighted by molar-refractivity contribution is -0.118. The number of para-hydroxylation sites is 1. The highest BCUT2D eigenvalue weighted by Crippen LogP contribution is 2.32. The third-order valence-electron chi connectivity index (χ3n) is 3.37. The molecule has 1 N–H and O–H groups in total. The fourth-order valence-corrected chi connectivity index (χ4v) is 3.78. The summed E-state index contributed by atoms with van der Waals surface area (Å²) < 4.78 is 12.9. The van der Waals surface area contributed by atoms with Crippen molar-refractivity contribution in [1.82, 2.24) is 4.98 Å². The van der Waals surface area contributed by atoms with Crippen molar-refractivity contribution < 1.29 is 14.3 Å². The molecule has 5 nitrogen and oxygen atoms in total. The number of aromatic nitrogens is 1. The quantitative estimate of drug-likeness (QED) is 0.622. The number of hydrogen-bond acceptors (Lipinski definition) is 5. The molecule has 3 aromatic rings. The number of carbonyl (C=O) groups excluding carboxylic acids is 1. The minimum absolute atomic E-state index is 0.0874. The van der Waals surface area contributed by atoms with Gasteiger partial charge in [0, 0.05) is 0 Å². The Morgan fingerprint density at radius 1 is 1.24 bits per heavy atom. The standard InChI is InChI=1S/C18H17BrN2O3S/c1-3-23-14-5-4-6-15-17(14)21-18(25-15)20-16(22)10-24-13-8-7-11(2)9-12(13)19/h4-9H,3,10H2,1-2H3,(H,20,21,22). The molecule has 0 radical (unpaired) electrons. The molecule has 0 atom stereocenters. The van der Waals surface area contributed by atoms with Crippen LogP contribution >= 0.6 is 27.3 Å². The van der Waals surface area contributed by atoms with Crippen LogP contribution < -0.4 is 14.8 Å². The Bertz CT molecular complexity index is 910. The van der Waals surface area contributed by atoms with Crippen LogP contribution in [0.1, 0.15) is 12.5 Å². The molecule has 0 aliphatic carbocycles. The zero-order chi connectivity index (χ0) is 17.8. The average Bonchev–Trinajstić information content (AvgIpc) is 2.97. The molecule has 7 heteroatoms. The van der Waals surface area contributed by atoms with Crippen molar-refractivity contribution in [3.05, 3.63) is 46.4 Å². The number of nitrogens with one attached hydrogen (secondary N) is 1. The normalized spacial score (nSPS) is 10.7. The van der Waals surface area contributed by atoms with E-state index < -0.39 is 0 Å². The number of amides is 1. The van der Waals surface area contributed by atoms with E-state index in [1.165, 1.54) is 11.3 Å². The summed E-state index contributed by atoms with van der Waals surface area (Å²) in [6, 6.07) is 11.4. The minimum Gasteiger partial charge on any atom is -0.492 e. The van der Waals surface area contributed by atoms with Crippen molar-refractivity contribution in [1.29, 1.82) is 0 Å². The topological polar surface area (TPSA) is 60.5 Å². The largest absolute Gasteiger partial charge is 0.492 e. The Hall–Kier alpha value is -2.12. The van der Waals surface area contributed by atoms with E-state index in [0.717, 1.165) is 26.0 Å². The zero-order valence-electron chi connectivity index (χ0n) is 13.8. The van der Waals surface area contributed by atoms with Gasteiger partial charge < -0.3 is 9.47 Å². The molecule has 3 rings (SSSR count). The number of ether oxygens (including phenoxy) is 2. The van der Waals surface area contributed by atoms with Crippen LogP contribution in [0.15, 0.2) is 40.9 Å². The predicted octanol–water partition coefficient (Wildman–Crippen LogP) is 4.78. The molecule has 0 saturated heterocycles. The van der Waals surface area contributed by atoms with Crippen LogP contribution in [0.4, 0.5) is 5.13 Å². The molecular formula is C18H17BrN2O3S. The highest BCUT2D eigenvalue weighted by Gasteiger charge is 2.12. The molecule has 130 valence electrons. The predicted molar refractivity (Wildman–Crippen MR) is 104 cm³/mol. The number of fused-ring (bicyclic) bond motifs is 1. The second-order valence-electron chi connectivity index (χ2n) is 5.33. The van der Waals surface area contributed by atoms with Crippen LogP contribution in [0.3, 0.4) is 0 Å². The van der Waals surface area contributed by atoms with Crippen LogP contribution in [0, 0.1) is 6.92 Å². The third-order valence-corrected chi connectivity index (χ3v) is 4.93. The molecule has 0 fully saturated rings. The summed E-state index contributed by atoms with van der Waals surface area (Å²) in [5.74, 6) is 1.09. The van der Waals surface area contributed by atoms with Crippen molar-refractivity contribution in [2.75, 3.05) is 18.5 Å². The van der Waals surface area contributed by atoms with Crippen molar-refractivity contribution in [3.63, 3.8) is 0 Å². The molecule has 0 spiro atoms. The molecule has 25 heavy (non-hydrogen) atoms. The second-order valence-corrected chi connectivity index (χ2v) is 7.21. The van der Waals surface area contributed by atoms with E-state index in [9.17, 15) is 4.79 Å². The van der Waals surface area contributed by atoms with Gasteiger partial charge in [-0.1, -0.05) is 23.5 Å². The molecule has 0 unspecified atom stereocenters. The van der Waals surface area contributed by atoms with Gasteiger partial charge in [0.25, 0.3) is 5.91 Å². The van der Waals surface area contributed by atoms with Crippen molar-refractivity contribution in [3.8, 4) is 11.5 Å². The van der Waals surface area contributed by atoms with E-state index in [1.54, 1.807) is 0 Å². The number of rotatable bonds is 6. The van der Waals surface area contributed by atoms with Gasteiger partial charge >= 0.3 is 0 Å². The number of aryl methyl sites for hydroxylation is 1. The Morgan fingerprint density at radius 3 is 2.84 bits per heavy atom. The lowest BCUT2D eigenvalue weighted by Crippen LogP contribution is -2.20. The fraction of sp³-hybridized carbons (Fsp3) is 0.222. The number of carbonyl (C=O) groups is 1. The second kappa shape index (κ2) is 7.84. The third kappa shape index (κ3) is 4.29. The van der Waals surface area contributed by atoms with E-state index >= 15 is 0 Å². The van der Waals surface area contributed by atoms with Crippen molar-refractivity contribution >= 4 is 48.5 Å². The van der Waals surface area contributed by atoms with Gasteiger partial charge in [0.1, 0.15) is 17.0 Å². The summed E-state index contributed by atoms with van der Waals surface area (Å²) in [4.78, 5) is 16.6. The maximum atomic E-state index is 12.1. The molecule has 0 aliphatic rings. The van der Waals surface area contributed by atoms with Gasteiger partial charge in [-0.15, -0.1) is 0 Å². The number of hydrogen-bond donors (Lipinski definition) is 1. The van der Waals surface area contributed by atoms with Crippen LogP contribution in [0.2, 0.25) is 0 Å². The van der Waals surface area contributed by atoms with Crippen LogP contribution in [-0.2, 0) is 4.79 Å². The molecule has 1 aromatic heterocycles. The van der Waals surface area contributed by atoms with Gasteiger partial charge in [-0.25, -0.2) is 4.98 Å². The Balaban J connectivity index is 1.66. The SMILES string of the molecule is CCOc1cccc2sc(NC(=O)COc3ccc(C)cc3Br)nc12. The van der Waals surface area contributed by atoms with Crippen LogP contribution in [-0.4, -0.2) is 24.1 Å². The van der Waals surface area contributed by atoms with Gasteiger partial charge in [-0.2, -0.15) is 0 Å². The van der Waals surface area contributed by atoms with Gasteiger partial charge in [0.15, 0.2) is 11.7 Å². The van der Waals surface area contributed by atoms with Crippen molar-refractivity contribution in [2.24, 2.45) is 0 Å². The fourth-order valence-electron chi connectivity index (χ4n) is 2.27. The smallest absolute Gasteiger partial charge is 0.264 e. The number of halogens is 1. The van der Waals surface area contributed by atoms with E-state index in [1.807, 2.05) is 50.2 Å². The van der Waals surface area contributed by atoms with Crippen LogP contribution in [0.5, 0.6) is 11.5 Å². The summed E-state index contributed by atoms with van der Waals surface area (Å²) in [7, 11) is 0. The molecular weight excluding hydrogens is 404 g/mol. The molecule has 0 bridgehead atoms. The van der Waals surface area contributed by atoms with Crippen molar-refractivity contribution in [2.45, 2.75) is 13.8 Å². The maximum absolute atomic E-state index is 12.1. The van der Waals surface area contributed by atoms with E-state index in [-0.39, 0.29) is 12.5 Å². The van der Waals surface area contributed by atoms with Gasteiger partial charge in [0.2, 0.25) is 0 Å². The first kappa shape index (κ1) is 17.7. The number of thiazole rings is 1. The number of benzene rings is 2. The molecule has 2 aromatic carbocycles. The minimum atomic E-state index is -0.260. The summed E-state index contributed by atoms with van der Waals surface area (Å²) in [5.41, 5.74) is 1.87. The van der Waals surface area contributed by atoms with Gasteiger partial charge in [-0.3, -0.25) is 10.1 Å². The monoisotopic (exact) mass is 420 g/mol. The number of nitrogens with zero attached hydrogens (tertiary/aromatic N) is 1. The molecule has 1 amide bonds. The van der Waals surface area contributed by atoms with E-state index in [0.29, 0.717) is 17.5 Å². The summed E-state index contributed by atoms with van der Waals surface area (Å²) in [5, 5.41) is 3.30. The van der Waals surface area contributed by atoms with Gasteiger partial charge in [0.05, 0.1) is 15.8 Å². The maximum Gasteiger partial charge on any atom is 0.264 e. The average molecular weight is 421 g/mol. The first-order chi connectivity index (χ1) is 12.1. The first-order valence-electron chi connectivity index (χ1n) is 7.78. The summed E-state index contributed by atoms with van der Waals surface area (Å²) in [6.45, 7) is 4.40. The first-order valence-corrected chi connectivity index (χ1v) is 9.39. The zero-order valence-corrected chi connectivity index (χ0v) is 16.2. The van der Waals surface area contributed by atoms with E-state index in [4.69, 9.17) is 9.47 Å². The Morgan fingerprint density at radius 2 is 2.08 bits per heavy atom. The summed E-state index contributed by atoms with van der Waals surface area (Å²) in [6.07, 6.45) is 0. The molecule has 1 heterocycles.